The lowest BCUT2D eigenvalue weighted by molar-refractivity contribution is -0.384. The standard InChI is InChI=1S/C11H11FN4O2/c12-9-1-2-10(11(7-9)16(17)18)14-4-6-15-5-3-13-8-15/h1-3,5,7-8,14H,4,6H2. The molecule has 0 radical (unpaired) electrons. The Kier molecular flexibility index (Phi) is 3.52. The van der Waals surface area contributed by atoms with Crippen LogP contribution in [0.5, 0.6) is 0 Å². The number of aromatic nitrogens is 2. The first-order chi connectivity index (χ1) is 8.66. The summed E-state index contributed by atoms with van der Waals surface area (Å²) >= 11 is 0. The molecule has 6 nitrogen and oxygen atoms in total. The molecule has 7 heteroatoms. The molecule has 1 aromatic heterocycles. The van der Waals surface area contributed by atoms with Crippen molar-refractivity contribution in [2.24, 2.45) is 0 Å². The van der Waals surface area contributed by atoms with Gasteiger partial charge < -0.3 is 9.88 Å². The van der Waals surface area contributed by atoms with Gasteiger partial charge in [0, 0.05) is 25.5 Å². The molecule has 0 aliphatic rings. The van der Waals surface area contributed by atoms with E-state index < -0.39 is 10.7 Å². The minimum absolute atomic E-state index is 0.263. The first kappa shape index (κ1) is 12.0. The SMILES string of the molecule is O=[N+]([O-])c1cc(F)ccc1NCCn1ccnc1. The molecule has 0 saturated heterocycles. The maximum atomic E-state index is 12.9. The number of anilines is 1. The fourth-order valence-corrected chi connectivity index (χ4v) is 1.54. The Morgan fingerprint density at radius 2 is 2.33 bits per heavy atom. The van der Waals surface area contributed by atoms with Gasteiger partial charge >= 0.3 is 0 Å². The third kappa shape index (κ3) is 2.82. The molecule has 0 unspecified atom stereocenters. The normalized spacial score (nSPS) is 10.3. The van der Waals surface area contributed by atoms with Crippen LogP contribution >= 0.6 is 0 Å². The Labute approximate surface area is 102 Å². The summed E-state index contributed by atoms with van der Waals surface area (Å²) in [6.07, 6.45) is 5.10. The number of nitro benzene ring substituents is 1. The monoisotopic (exact) mass is 250 g/mol. The predicted molar refractivity (Wildman–Crippen MR) is 63.8 cm³/mol. The molecular formula is C11H11FN4O2. The fourth-order valence-electron chi connectivity index (χ4n) is 1.54. The van der Waals surface area contributed by atoms with Crippen LogP contribution in [0.15, 0.2) is 36.9 Å². The summed E-state index contributed by atoms with van der Waals surface area (Å²) in [5.41, 5.74) is 0.0437. The van der Waals surface area contributed by atoms with E-state index in [2.05, 4.69) is 10.3 Å². The molecule has 18 heavy (non-hydrogen) atoms. The second-order valence-electron chi connectivity index (χ2n) is 3.65. The van der Waals surface area contributed by atoms with Crippen molar-refractivity contribution in [3.63, 3.8) is 0 Å². The number of nitro groups is 1. The Morgan fingerprint density at radius 1 is 1.50 bits per heavy atom. The first-order valence-corrected chi connectivity index (χ1v) is 5.30. The van der Waals surface area contributed by atoms with Crippen molar-refractivity contribution in [2.45, 2.75) is 6.54 Å². The first-order valence-electron chi connectivity index (χ1n) is 5.30. The van der Waals surface area contributed by atoms with Crippen molar-refractivity contribution in [3.05, 3.63) is 52.9 Å². The number of imidazole rings is 1. The molecule has 2 rings (SSSR count). The Bertz CT molecular complexity index is 542. The Morgan fingerprint density at radius 3 is 3.00 bits per heavy atom. The highest BCUT2D eigenvalue weighted by molar-refractivity contribution is 5.61. The van der Waals surface area contributed by atoms with Crippen molar-refractivity contribution >= 4 is 11.4 Å². The molecule has 94 valence electrons. The number of nitrogens with one attached hydrogen (secondary N) is 1. The summed E-state index contributed by atoms with van der Waals surface area (Å²) in [5.74, 6) is -0.623. The van der Waals surface area contributed by atoms with Crippen LogP contribution in [0.25, 0.3) is 0 Å². The quantitative estimate of drug-likeness (QED) is 0.651. The molecule has 1 heterocycles. The van der Waals surface area contributed by atoms with Crippen LogP contribution in [-0.4, -0.2) is 21.0 Å². The zero-order valence-electron chi connectivity index (χ0n) is 9.41. The summed E-state index contributed by atoms with van der Waals surface area (Å²) in [4.78, 5) is 14.0. The topological polar surface area (TPSA) is 73.0 Å². The van der Waals surface area contributed by atoms with Crippen LogP contribution < -0.4 is 5.32 Å². The van der Waals surface area contributed by atoms with E-state index in [1.54, 1.807) is 18.7 Å². The average Bonchev–Trinajstić information content (AvgIpc) is 2.84. The van der Waals surface area contributed by atoms with Gasteiger partial charge in [-0.15, -0.1) is 0 Å². The van der Waals surface area contributed by atoms with E-state index in [-0.39, 0.29) is 5.69 Å². The molecule has 2 aromatic rings. The van der Waals surface area contributed by atoms with Crippen molar-refractivity contribution in [1.29, 1.82) is 0 Å². The molecule has 0 atom stereocenters. The summed E-state index contributed by atoms with van der Waals surface area (Å²) in [6, 6.07) is 3.45. The number of benzene rings is 1. The minimum Gasteiger partial charge on any atom is -0.378 e. The molecular weight excluding hydrogens is 239 g/mol. The van der Waals surface area contributed by atoms with E-state index in [4.69, 9.17) is 0 Å². The molecule has 0 aliphatic carbocycles. The Hall–Kier alpha value is -2.44. The number of hydrogen-bond donors (Lipinski definition) is 1. The lowest BCUT2D eigenvalue weighted by atomic mass is 10.2. The van der Waals surface area contributed by atoms with E-state index in [9.17, 15) is 14.5 Å². The maximum absolute atomic E-state index is 12.9. The van der Waals surface area contributed by atoms with Crippen molar-refractivity contribution in [1.82, 2.24) is 9.55 Å². The van der Waals surface area contributed by atoms with E-state index in [1.165, 1.54) is 12.1 Å². The lowest BCUT2D eigenvalue weighted by Crippen LogP contribution is -2.10. The van der Waals surface area contributed by atoms with Crippen LogP contribution in [0.4, 0.5) is 15.8 Å². The van der Waals surface area contributed by atoms with Gasteiger partial charge in [-0.1, -0.05) is 0 Å². The van der Waals surface area contributed by atoms with E-state index >= 15 is 0 Å². The zero-order chi connectivity index (χ0) is 13.0. The second kappa shape index (κ2) is 5.26. The number of rotatable bonds is 5. The predicted octanol–water partition coefficient (Wildman–Crippen LogP) is 2.04. The van der Waals surface area contributed by atoms with Crippen LogP contribution in [0, 0.1) is 15.9 Å². The maximum Gasteiger partial charge on any atom is 0.295 e. The molecule has 0 fully saturated rings. The molecule has 0 spiro atoms. The lowest BCUT2D eigenvalue weighted by Gasteiger charge is -2.07. The van der Waals surface area contributed by atoms with Gasteiger partial charge in [-0.2, -0.15) is 0 Å². The molecule has 0 aliphatic heterocycles. The Balaban J connectivity index is 2.02. The largest absolute Gasteiger partial charge is 0.378 e. The number of halogens is 1. The van der Waals surface area contributed by atoms with Crippen molar-refractivity contribution < 1.29 is 9.31 Å². The zero-order valence-corrected chi connectivity index (χ0v) is 9.41. The van der Waals surface area contributed by atoms with Gasteiger partial charge in [-0.25, -0.2) is 9.37 Å². The number of nitrogens with zero attached hydrogens (tertiary/aromatic N) is 3. The van der Waals surface area contributed by atoms with E-state index in [0.717, 1.165) is 6.07 Å². The fraction of sp³-hybridized carbons (Fsp3) is 0.182. The molecule has 0 amide bonds. The van der Waals surface area contributed by atoms with E-state index in [1.807, 2.05) is 4.57 Å². The van der Waals surface area contributed by atoms with Crippen LogP contribution in [0.1, 0.15) is 0 Å². The molecule has 1 N–H and O–H groups in total. The smallest absolute Gasteiger partial charge is 0.295 e. The summed E-state index contributed by atoms with van der Waals surface area (Å²) < 4.78 is 14.7. The third-order valence-electron chi connectivity index (χ3n) is 2.40. The van der Waals surface area contributed by atoms with Gasteiger partial charge in [0.2, 0.25) is 0 Å². The van der Waals surface area contributed by atoms with Crippen LogP contribution in [0.3, 0.4) is 0 Å². The summed E-state index contributed by atoms with van der Waals surface area (Å²) in [5, 5.41) is 13.7. The highest BCUT2D eigenvalue weighted by Gasteiger charge is 2.14. The summed E-state index contributed by atoms with van der Waals surface area (Å²) in [6.45, 7) is 1.11. The van der Waals surface area contributed by atoms with Crippen LogP contribution in [-0.2, 0) is 6.54 Å². The number of hydrogen-bond acceptors (Lipinski definition) is 4. The van der Waals surface area contributed by atoms with E-state index in [0.29, 0.717) is 18.8 Å². The van der Waals surface area contributed by atoms with Crippen molar-refractivity contribution in [3.8, 4) is 0 Å². The second-order valence-corrected chi connectivity index (χ2v) is 3.65. The van der Waals surface area contributed by atoms with Gasteiger partial charge in [0.15, 0.2) is 0 Å². The van der Waals surface area contributed by atoms with Gasteiger partial charge in [0.05, 0.1) is 17.3 Å². The van der Waals surface area contributed by atoms with Gasteiger partial charge in [0.1, 0.15) is 11.5 Å². The average molecular weight is 250 g/mol. The van der Waals surface area contributed by atoms with Gasteiger partial charge in [0.25, 0.3) is 5.69 Å². The molecule has 0 bridgehead atoms. The van der Waals surface area contributed by atoms with Gasteiger partial charge in [-0.3, -0.25) is 10.1 Å². The van der Waals surface area contributed by atoms with Gasteiger partial charge in [-0.05, 0) is 12.1 Å². The highest BCUT2D eigenvalue weighted by Crippen LogP contribution is 2.24. The molecule has 1 aromatic carbocycles. The third-order valence-corrected chi connectivity index (χ3v) is 2.40. The van der Waals surface area contributed by atoms with Crippen LogP contribution in [0.2, 0.25) is 0 Å². The molecule has 0 saturated carbocycles. The van der Waals surface area contributed by atoms with Crippen molar-refractivity contribution in [2.75, 3.05) is 11.9 Å². The minimum atomic E-state index is -0.623. The summed E-state index contributed by atoms with van der Waals surface area (Å²) in [7, 11) is 0. The highest BCUT2D eigenvalue weighted by atomic mass is 19.1.